The van der Waals surface area contributed by atoms with E-state index in [0.29, 0.717) is 11.4 Å². The highest BCUT2D eigenvalue weighted by molar-refractivity contribution is 6.06. The van der Waals surface area contributed by atoms with E-state index in [0.717, 1.165) is 16.5 Å². The van der Waals surface area contributed by atoms with Crippen molar-refractivity contribution in [3.63, 3.8) is 0 Å². The number of aliphatic imine (C=N–C) groups is 1. The van der Waals surface area contributed by atoms with Crippen molar-refractivity contribution in [1.29, 1.82) is 0 Å². The molecule has 0 amide bonds. The average molecular weight is 336 g/mol. The molecular weight excluding hydrogens is 320 g/mol. The highest BCUT2D eigenvalue weighted by Gasteiger charge is 2.18. The number of rotatable bonds is 5. The van der Waals surface area contributed by atoms with Crippen molar-refractivity contribution in [3.05, 3.63) is 65.4 Å². The van der Waals surface area contributed by atoms with Crippen LogP contribution in [0.2, 0.25) is 0 Å². The molecule has 126 valence electrons. The second-order valence-electron chi connectivity index (χ2n) is 5.30. The molecule has 6 nitrogen and oxygen atoms in total. The molecule has 0 saturated heterocycles. The molecule has 0 fully saturated rings. The van der Waals surface area contributed by atoms with Crippen LogP contribution in [-0.4, -0.2) is 34.9 Å². The number of carbonyl (C=O) groups excluding carboxylic acids is 1. The fraction of sp³-hybridized carbons (Fsp3) is 0.105. The fourth-order valence-corrected chi connectivity index (χ4v) is 2.46. The smallest absolute Gasteiger partial charge is 0.357 e. The van der Waals surface area contributed by atoms with Crippen molar-refractivity contribution in [2.24, 2.45) is 4.99 Å². The first-order chi connectivity index (χ1) is 12.1. The van der Waals surface area contributed by atoms with Gasteiger partial charge in [-0.3, -0.25) is 4.99 Å². The van der Waals surface area contributed by atoms with Crippen LogP contribution in [0.4, 0.5) is 5.69 Å². The summed E-state index contributed by atoms with van der Waals surface area (Å²) in [6, 6.07) is 13.8. The Bertz CT molecular complexity index is 955. The number of aromatic amines is 1. The van der Waals surface area contributed by atoms with Gasteiger partial charge in [-0.05, 0) is 30.7 Å². The predicted molar refractivity (Wildman–Crippen MR) is 94.9 cm³/mol. The zero-order valence-corrected chi connectivity index (χ0v) is 13.5. The minimum absolute atomic E-state index is 0.205. The van der Waals surface area contributed by atoms with Gasteiger partial charge in [-0.25, -0.2) is 9.59 Å². The molecule has 0 saturated carbocycles. The molecule has 0 aliphatic heterocycles. The third-order valence-corrected chi connectivity index (χ3v) is 3.66. The third kappa shape index (κ3) is 3.42. The number of hydrogen-bond acceptors (Lipinski definition) is 4. The van der Waals surface area contributed by atoms with Gasteiger partial charge in [-0.1, -0.05) is 30.3 Å². The first-order valence-electron chi connectivity index (χ1n) is 7.75. The SMILES string of the molecule is CCOC(=O)c1[nH]c2ccccc2c1N=Cc1ccc(C(=O)O)cc1. The Kier molecular flexibility index (Phi) is 4.61. The van der Waals surface area contributed by atoms with Crippen LogP contribution in [-0.2, 0) is 4.74 Å². The number of ether oxygens (including phenoxy) is 1. The summed E-state index contributed by atoms with van der Waals surface area (Å²) >= 11 is 0. The lowest BCUT2D eigenvalue weighted by molar-refractivity contribution is 0.0521. The second kappa shape index (κ2) is 7.00. The number of benzene rings is 2. The monoisotopic (exact) mass is 336 g/mol. The fourth-order valence-electron chi connectivity index (χ4n) is 2.46. The normalized spacial score (nSPS) is 11.1. The van der Waals surface area contributed by atoms with Gasteiger partial charge in [0, 0.05) is 17.1 Å². The molecule has 0 unspecified atom stereocenters. The van der Waals surface area contributed by atoms with Crippen LogP contribution in [0.25, 0.3) is 10.9 Å². The Morgan fingerprint density at radius 3 is 2.56 bits per heavy atom. The van der Waals surface area contributed by atoms with Gasteiger partial charge in [0.25, 0.3) is 0 Å². The van der Waals surface area contributed by atoms with E-state index in [1.807, 2.05) is 24.3 Å². The van der Waals surface area contributed by atoms with Crippen molar-refractivity contribution in [2.45, 2.75) is 6.92 Å². The standard InChI is InChI=1S/C19H16N2O4/c1-2-25-19(24)17-16(14-5-3-4-6-15(14)21-17)20-11-12-7-9-13(10-8-12)18(22)23/h3-11,21H,2H2,1H3,(H,22,23). The van der Waals surface area contributed by atoms with Gasteiger partial charge < -0.3 is 14.8 Å². The van der Waals surface area contributed by atoms with Gasteiger partial charge in [0.05, 0.1) is 12.2 Å². The summed E-state index contributed by atoms with van der Waals surface area (Å²) in [4.78, 5) is 30.5. The number of aromatic carboxylic acids is 1. The highest BCUT2D eigenvalue weighted by Crippen LogP contribution is 2.30. The number of carbonyl (C=O) groups is 2. The average Bonchev–Trinajstić information content (AvgIpc) is 2.99. The maximum absolute atomic E-state index is 12.2. The van der Waals surface area contributed by atoms with E-state index >= 15 is 0 Å². The Labute approximate surface area is 143 Å². The first-order valence-corrected chi connectivity index (χ1v) is 7.75. The van der Waals surface area contributed by atoms with Crippen LogP contribution in [0.1, 0.15) is 33.3 Å². The summed E-state index contributed by atoms with van der Waals surface area (Å²) in [7, 11) is 0. The molecule has 2 N–H and O–H groups in total. The Balaban J connectivity index is 2.00. The van der Waals surface area contributed by atoms with Crippen LogP contribution in [0, 0.1) is 0 Å². The molecule has 25 heavy (non-hydrogen) atoms. The number of carboxylic acid groups (broad SMARTS) is 1. The number of nitrogens with one attached hydrogen (secondary N) is 1. The van der Waals surface area contributed by atoms with Gasteiger partial charge in [-0.15, -0.1) is 0 Å². The maximum atomic E-state index is 12.2. The van der Waals surface area contributed by atoms with Crippen molar-refractivity contribution in [3.8, 4) is 0 Å². The molecule has 0 bridgehead atoms. The number of esters is 1. The van der Waals surface area contributed by atoms with Crippen molar-refractivity contribution < 1.29 is 19.4 Å². The molecule has 0 aliphatic rings. The Morgan fingerprint density at radius 1 is 1.16 bits per heavy atom. The molecule has 0 atom stereocenters. The first kappa shape index (κ1) is 16.4. The van der Waals surface area contributed by atoms with Crippen molar-refractivity contribution in [2.75, 3.05) is 6.61 Å². The topological polar surface area (TPSA) is 91.8 Å². The van der Waals surface area contributed by atoms with Crippen molar-refractivity contribution >= 4 is 34.7 Å². The van der Waals surface area contributed by atoms with E-state index in [-0.39, 0.29) is 12.2 Å². The Hall–Kier alpha value is -3.41. The van der Waals surface area contributed by atoms with Crippen molar-refractivity contribution in [1.82, 2.24) is 4.98 Å². The molecule has 0 spiro atoms. The summed E-state index contributed by atoms with van der Waals surface area (Å²) in [5.41, 5.74) is 2.51. The van der Waals surface area contributed by atoms with Gasteiger partial charge in [0.1, 0.15) is 5.69 Å². The summed E-state index contributed by atoms with van der Waals surface area (Å²) in [6.45, 7) is 2.02. The van der Waals surface area contributed by atoms with Crippen LogP contribution in [0.5, 0.6) is 0 Å². The molecule has 2 aromatic carbocycles. The number of aromatic nitrogens is 1. The van der Waals surface area contributed by atoms with E-state index in [1.54, 1.807) is 25.3 Å². The molecule has 1 heterocycles. The Morgan fingerprint density at radius 2 is 1.88 bits per heavy atom. The van der Waals surface area contributed by atoms with Gasteiger partial charge in [0.15, 0.2) is 5.69 Å². The second-order valence-corrected chi connectivity index (χ2v) is 5.30. The molecular formula is C19H16N2O4. The minimum atomic E-state index is -0.982. The predicted octanol–water partition coefficient (Wildman–Crippen LogP) is 3.79. The van der Waals surface area contributed by atoms with Crippen LogP contribution >= 0.6 is 0 Å². The molecule has 3 rings (SSSR count). The van der Waals surface area contributed by atoms with Crippen LogP contribution in [0.3, 0.4) is 0 Å². The summed E-state index contributed by atoms with van der Waals surface area (Å²) in [6.07, 6.45) is 1.59. The zero-order valence-electron chi connectivity index (χ0n) is 13.5. The molecule has 1 aromatic heterocycles. The van der Waals surface area contributed by atoms with Crippen LogP contribution < -0.4 is 0 Å². The van der Waals surface area contributed by atoms with E-state index in [1.165, 1.54) is 12.1 Å². The summed E-state index contributed by atoms with van der Waals surface area (Å²) < 4.78 is 5.08. The minimum Gasteiger partial charge on any atom is -0.478 e. The molecule has 0 aliphatic carbocycles. The van der Waals surface area contributed by atoms with E-state index in [9.17, 15) is 9.59 Å². The highest BCUT2D eigenvalue weighted by atomic mass is 16.5. The maximum Gasteiger partial charge on any atom is 0.357 e. The number of carboxylic acids is 1. The van der Waals surface area contributed by atoms with Gasteiger partial charge >= 0.3 is 11.9 Å². The van der Waals surface area contributed by atoms with Gasteiger partial charge in [0.2, 0.25) is 0 Å². The molecule has 0 radical (unpaired) electrons. The van der Waals surface area contributed by atoms with Gasteiger partial charge in [-0.2, -0.15) is 0 Å². The number of fused-ring (bicyclic) bond motifs is 1. The molecule has 3 aromatic rings. The zero-order chi connectivity index (χ0) is 17.8. The van der Waals surface area contributed by atoms with Crippen LogP contribution in [0.15, 0.2) is 53.5 Å². The number of nitrogens with zero attached hydrogens (tertiary/aromatic N) is 1. The van der Waals surface area contributed by atoms with E-state index < -0.39 is 11.9 Å². The lowest BCUT2D eigenvalue weighted by atomic mass is 10.1. The third-order valence-electron chi connectivity index (χ3n) is 3.66. The largest absolute Gasteiger partial charge is 0.478 e. The number of H-pyrrole nitrogens is 1. The summed E-state index contributed by atoms with van der Waals surface area (Å²) in [5, 5.41) is 9.74. The van der Waals surface area contributed by atoms with E-state index in [4.69, 9.17) is 9.84 Å². The lowest BCUT2D eigenvalue weighted by Crippen LogP contribution is -2.05. The quantitative estimate of drug-likeness (QED) is 0.548. The summed E-state index contributed by atoms with van der Waals surface area (Å²) in [5.74, 6) is -1.45. The number of hydrogen-bond donors (Lipinski definition) is 2. The van der Waals surface area contributed by atoms with E-state index in [2.05, 4.69) is 9.98 Å². The molecule has 6 heteroatoms. The number of para-hydroxylation sites is 1. The lowest BCUT2D eigenvalue weighted by Gasteiger charge is -2.01.